The molecule has 0 aromatic carbocycles. The molecule has 0 atom stereocenters. The Labute approximate surface area is 147 Å². The van der Waals surface area contributed by atoms with Crippen molar-refractivity contribution in [2.75, 3.05) is 5.32 Å². The SMILES string of the molecule is CC1(C)CC(N=C(NC#N)Nc2cccc(Cl)n2)CC(C)(C)N1O. The van der Waals surface area contributed by atoms with Crippen molar-refractivity contribution in [1.29, 1.82) is 5.26 Å². The molecular weight excluding hydrogens is 328 g/mol. The zero-order valence-corrected chi connectivity index (χ0v) is 15.1. The van der Waals surface area contributed by atoms with Crippen molar-refractivity contribution in [2.45, 2.75) is 57.7 Å². The summed E-state index contributed by atoms with van der Waals surface area (Å²) >= 11 is 5.88. The van der Waals surface area contributed by atoms with Crippen LogP contribution in [-0.4, -0.2) is 38.3 Å². The Morgan fingerprint density at radius 3 is 2.54 bits per heavy atom. The first-order valence-electron chi connectivity index (χ1n) is 7.76. The summed E-state index contributed by atoms with van der Waals surface area (Å²) in [4.78, 5) is 8.76. The number of piperidine rings is 1. The summed E-state index contributed by atoms with van der Waals surface area (Å²) in [6.07, 6.45) is 3.20. The molecule has 1 saturated heterocycles. The van der Waals surface area contributed by atoms with Gasteiger partial charge in [-0.3, -0.25) is 5.32 Å². The second kappa shape index (κ2) is 6.93. The summed E-state index contributed by atoms with van der Waals surface area (Å²) in [7, 11) is 0. The van der Waals surface area contributed by atoms with Crippen LogP contribution in [0.15, 0.2) is 23.2 Å². The molecule has 1 aromatic rings. The fraction of sp³-hybridized carbons (Fsp3) is 0.562. The molecule has 0 unspecified atom stereocenters. The average Bonchev–Trinajstić information content (AvgIpc) is 2.44. The molecule has 1 aromatic heterocycles. The summed E-state index contributed by atoms with van der Waals surface area (Å²) < 4.78 is 0. The van der Waals surface area contributed by atoms with Gasteiger partial charge in [-0.25, -0.2) is 9.98 Å². The number of hydroxylamine groups is 2. The molecule has 1 fully saturated rings. The topological polar surface area (TPSA) is 96.6 Å². The maximum absolute atomic E-state index is 10.4. The number of nitrogens with one attached hydrogen (secondary N) is 2. The minimum absolute atomic E-state index is 0.0547. The highest BCUT2D eigenvalue weighted by atomic mass is 35.5. The van der Waals surface area contributed by atoms with E-state index in [0.29, 0.717) is 29.8 Å². The molecule has 7 nitrogen and oxygen atoms in total. The van der Waals surface area contributed by atoms with E-state index < -0.39 is 11.1 Å². The molecule has 0 saturated carbocycles. The van der Waals surface area contributed by atoms with Crippen molar-refractivity contribution in [2.24, 2.45) is 4.99 Å². The monoisotopic (exact) mass is 350 g/mol. The van der Waals surface area contributed by atoms with Crippen LogP contribution < -0.4 is 10.6 Å². The predicted octanol–water partition coefficient (Wildman–Crippen LogP) is 2.98. The van der Waals surface area contributed by atoms with Gasteiger partial charge in [-0.15, -0.1) is 0 Å². The first-order valence-corrected chi connectivity index (χ1v) is 8.13. The van der Waals surface area contributed by atoms with Crippen molar-refractivity contribution in [1.82, 2.24) is 15.4 Å². The molecule has 3 N–H and O–H groups in total. The first-order chi connectivity index (χ1) is 11.1. The molecule has 2 rings (SSSR count). The third-order valence-electron chi connectivity index (χ3n) is 4.06. The number of nitrogens with zero attached hydrogens (tertiary/aromatic N) is 4. The molecule has 2 heterocycles. The normalized spacial score (nSPS) is 21.1. The van der Waals surface area contributed by atoms with Crippen molar-refractivity contribution >= 4 is 23.4 Å². The lowest BCUT2D eigenvalue weighted by Crippen LogP contribution is -2.60. The Morgan fingerprint density at radius 1 is 1.38 bits per heavy atom. The van der Waals surface area contributed by atoms with Crippen molar-refractivity contribution < 1.29 is 5.21 Å². The first kappa shape index (κ1) is 18.5. The Hall–Kier alpha value is -1.88. The van der Waals surface area contributed by atoms with Crippen LogP contribution in [0, 0.1) is 11.5 Å². The van der Waals surface area contributed by atoms with Gasteiger partial charge in [-0.1, -0.05) is 17.7 Å². The van der Waals surface area contributed by atoms with Crippen LogP contribution >= 0.6 is 11.6 Å². The molecule has 0 bridgehead atoms. The number of rotatable bonds is 2. The summed E-state index contributed by atoms with van der Waals surface area (Å²) in [6, 6.07) is 5.12. The molecule has 0 amide bonds. The molecule has 1 aliphatic rings. The molecule has 1 aliphatic heterocycles. The fourth-order valence-electron chi connectivity index (χ4n) is 3.24. The molecular formula is C16H23ClN6O. The molecule has 0 radical (unpaired) electrons. The second-order valence-corrected chi connectivity index (χ2v) is 7.57. The van der Waals surface area contributed by atoms with E-state index >= 15 is 0 Å². The van der Waals surface area contributed by atoms with Crippen molar-refractivity contribution in [3.63, 3.8) is 0 Å². The maximum atomic E-state index is 10.4. The Morgan fingerprint density at radius 2 is 2.00 bits per heavy atom. The minimum Gasteiger partial charge on any atom is -0.313 e. The lowest BCUT2D eigenvalue weighted by Gasteiger charge is -2.50. The van der Waals surface area contributed by atoms with Gasteiger partial charge < -0.3 is 10.5 Å². The van der Waals surface area contributed by atoms with Crippen LogP contribution in [0.25, 0.3) is 0 Å². The van der Waals surface area contributed by atoms with E-state index in [-0.39, 0.29) is 6.04 Å². The van der Waals surface area contributed by atoms with Gasteiger partial charge in [-0.2, -0.15) is 10.3 Å². The Bertz CT molecular complexity index is 649. The lowest BCUT2D eigenvalue weighted by molar-refractivity contribution is -0.244. The highest BCUT2D eigenvalue weighted by Crippen LogP contribution is 2.37. The van der Waals surface area contributed by atoms with Gasteiger partial charge in [-0.05, 0) is 52.7 Å². The Kier molecular flexibility index (Phi) is 5.33. The summed E-state index contributed by atoms with van der Waals surface area (Å²) in [6.45, 7) is 7.89. The van der Waals surface area contributed by atoms with E-state index in [0.717, 1.165) is 0 Å². The van der Waals surface area contributed by atoms with Gasteiger partial charge in [0.25, 0.3) is 0 Å². The summed E-state index contributed by atoms with van der Waals surface area (Å²) in [5.41, 5.74) is -0.829. The van der Waals surface area contributed by atoms with Gasteiger partial charge in [0.1, 0.15) is 11.0 Å². The number of hydrogen-bond donors (Lipinski definition) is 3. The van der Waals surface area contributed by atoms with Gasteiger partial charge in [0, 0.05) is 11.1 Å². The summed E-state index contributed by atoms with van der Waals surface area (Å²) in [5.74, 6) is 0.817. The number of anilines is 1. The maximum Gasteiger partial charge on any atom is 0.210 e. The highest BCUT2D eigenvalue weighted by Gasteiger charge is 2.45. The van der Waals surface area contributed by atoms with E-state index in [9.17, 15) is 5.21 Å². The van der Waals surface area contributed by atoms with Crippen molar-refractivity contribution in [3.05, 3.63) is 23.4 Å². The smallest absolute Gasteiger partial charge is 0.210 e. The fourth-order valence-corrected chi connectivity index (χ4v) is 3.40. The van der Waals surface area contributed by atoms with E-state index in [1.54, 1.807) is 18.2 Å². The van der Waals surface area contributed by atoms with E-state index in [1.807, 2.05) is 33.9 Å². The second-order valence-electron chi connectivity index (χ2n) is 7.18. The van der Waals surface area contributed by atoms with E-state index in [1.165, 1.54) is 5.06 Å². The van der Waals surface area contributed by atoms with Crippen LogP contribution in [0.2, 0.25) is 5.15 Å². The lowest BCUT2D eigenvalue weighted by atomic mass is 9.79. The number of aliphatic imine (C=N–C) groups is 1. The number of halogens is 1. The predicted molar refractivity (Wildman–Crippen MR) is 93.9 cm³/mol. The van der Waals surface area contributed by atoms with Crippen molar-refractivity contribution in [3.8, 4) is 6.19 Å². The molecule has 24 heavy (non-hydrogen) atoms. The van der Waals surface area contributed by atoms with E-state index in [4.69, 9.17) is 16.9 Å². The van der Waals surface area contributed by atoms with Gasteiger partial charge in [0.2, 0.25) is 5.96 Å². The number of guanidine groups is 1. The van der Waals surface area contributed by atoms with Crippen LogP contribution in [0.5, 0.6) is 0 Å². The standard InChI is InChI=1S/C16H23ClN6O/c1-15(2)8-11(9-16(3,4)23(15)24)20-14(19-10-18)22-13-7-5-6-12(17)21-13/h5-7,11,24H,8-9H2,1-4H3,(H2,19,20,21,22). The van der Waals surface area contributed by atoms with Gasteiger partial charge >= 0.3 is 0 Å². The third-order valence-corrected chi connectivity index (χ3v) is 4.28. The quantitative estimate of drug-likeness (QED) is 0.249. The zero-order valence-electron chi connectivity index (χ0n) is 14.3. The number of hydrogen-bond acceptors (Lipinski definition) is 5. The minimum atomic E-state index is -0.415. The molecule has 130 valence electrons. The third kappa shape index (κ3) is 4.35. The van der Waals surface area contributed by atoms with E-state index in [2.05, 4.69) is 20.6 Å². The number of aromatic nitrogens is 1. The number of pyridine rings is 1. The summed E-state index contributed by atoms with van der Waals surface area (Å²) in [5, 5.41) is 26.6. The average molecular weight is 351 g/mol. The highest BCUT2D eigenvalue weighted by molar-refractivity contribution is 6.29. The van der Waals surface area contributed by atoms with Crippen LogP contribution in [-0.2, 0) is 0 Å². The molecule has 8 heteroatoms. The number of nitriles is 1. The largest absolute Gasteiger partial charge is 0.313 e. The van der Waals surface area contributed by atoms with Gasteiger partial charge in [0.05, 0.1) is 6.04 Å². The zero-order chi connectivity index (χ0) is 18.0. The van der Waals surface area contributed by atoms with Crippen LogP contribution in [0.1, 0.15) is 40.5 Å². The van der Waals surface area contributed by atoms with Gasteiger partial charge in [0.15, 0.2) is 6.19 Å². The Balaban J connectivity index is 2.22. The molecule has 0 spiro atoms. The molecule has 0 aliphatic carbocycles. The van der Waals surface area contributed by atoms with Crippen LogP contribution in [0.3, 0.4) is 0 Å². The van der Waals surface area contributed by atoms with Crippen LogP contribution in [0.4, 0.5) is 5.82 Å².